The van der Waals surface area contributed by atoms with Crippen LogP contribution in [0.1, 0.15) is 17.8 Å². The highest BCUT2D eigenvalue weighted by atomic mass is 35.5. The van der Waals surface area contributed by atoms with Gasteiger partial charge in [0.25, 0.3) is 0 Å². The predicted molar refractivity (Wildman–Crippen MR) is 83.6 cm³/mol. The van der Waals surface area contributed by atoms with Crippen LogP contribution in [0, 0.1) is 0 Å². The second-order valence-electron chi connectivity index (χ2n) is 4.54. The van der Waals surface area contributed by atoms with Crippen molar-refractivity contribution in [3.63, 3.8) is 0 Å². The van der Waals surface area contributed by atoms with Crippen molar-refractivity contribution in [3.05, 3.63) is 46.0 Å². The number of nitrogens with one attached hydrogen (secondary N) is 1. The molecule has 0 aliphatic heterocycles. The molecule has 0 radical (unpaired) electrons. The van der Waals surface area contributed by atoms with Crippen molar-refractivity contribution >= 4 is 39.5 Å². The van der Waals surface area contributed by atoms with Crippen LogP contribution in [0.3, 0.4) is 0 Å². The summed E-state index contributed by atoms with van der Waals surface area (Å²) in [5, 5.41) is 16.9. The maximum Gasteiger partial charge on any atom is 0.159 e. The average Bonchev–Trinajstić information content (AvgIpc) is 3.01. The summed E-state index contributed by atoms with van der Waals surface area (Å²) in [4.78, 5) is 4.33. The van der Waals surface area contributed by atoms with E-state index in [0.29, 0.717) is 11.1 Å². The number of anilines is 1. The van der Waals surface area contributed by atoms with E-state index in [9.17, 15) is 0 Å². The van der Waals surface area contributed by atoms with Crippen LogP contribution in [0.5, 0.6) is 0 Å². The minimum absolute atomic E-state index is 0.325. The van der Waals surface area contributed by atoms with Crippen LogP contribution in [0.15, 0.2) is 35.8 Å². The molecule has 3 aromatic rings. The molecule has 0 fully saturated rings. The van der Waals surface area contributed by atoms with Gasteiger partial charge in [0, 0.05) is 34.8 Å². The quantitative estimate of drug-likeness (QED) is 0.793. The van der Waals surface area contributed by atoms with Gasteiger partial charge in [0.2, 0.25) is 0 Å². The number of benzene rings is 1. The van der Waals surface area contributed by atoms with Crippen molar-refractivity contribution in [3.8, 4) is 0 Å². The van der Waals surface area contributed by atoms with Crippen LogP contribution in [0.4, 0.5) is 5.82 Å². The van der Waals surface area contributed by atoms with Crippen molar-refractivity contribution in [2.45, 2.75) is 12.8 Å². The van der Waals surface area contributed by atoms with Crippen LogP contribution in [-0.2, 0) is 0 Å². The van der Waals surface area contributed by atoms with E-state index in [0.717, 1.165) is 28.1 Å². The molecule has 0 amide bonds. The van der Waals surface area contributed by atoms with E-state index in [1.54, 1.807) is 11.3 Å². The minimum atomic E-state index is 0.325. The minimum Gasteiger partial charge on any atom is -0.367 e. The number of hydrogen-bond donors (Lipinski definition) is 1. The number of nitrogens with zero attached hydrogens (tertiary/aromatic N) is 3. The number of halogens is 1. The van der Waals surface area contributed by atoms with Crippen LogP contribution in [-0.4, -0.2) is 21.7 Å². The molecule has 0 aliphatic rings. The Kier molecular flexibility index (Phi) is 3.80. The molecule has 0 saturated carbocycles. The van der Waals surface area contributed by atoms with Crippen LogP contribution >= 0.6 is 22.9 Å². The number of thiazole rings is 1. The highest BCUT2D eigenvalue weighted by Crippen LogP contribution is 2.26. The summed E-state index contributed by atoms with van der Waals surface area (Å²) in [5.74, 6) is 1.08. The standard InChI is InChI=1S/C14H13ClN4S/c1-9(14-16-6-7-20-14)8-17-13-11-5-3-2-4-10(11)12(15)18-19-13/h2-7,9H,8H2,1H3,(H,17,19). The van der Waals surface area contributed by atoms with Gasteiger partial charge in [-0.25, -0.2) is 4.98 Å². The van der Waals surface area contributed by atoms with Crippen LogP contribution in [0.25, 0.3) is 10.8 Å². The molecule has 0 spiro atoms. The molecule has 0 saturated heterocycles. The molecule has 1 N–H and O–H groups in total. The molecule has 1 atom stereocenters. The fourth-order valence-electron chi connectivity index (χ4n) is 2.02. The zero-order chi connectivity index (χ0) is 13.9. The average molecular weight is 305 g/mol. The van der Waals surface area contributed by atoms with Crippen LogP contribution < -0.4 is 5.32 Å². The highest BCUT2D eigenvalue weighted by Gasteiger charge is 2.11. The SMILES string of the molecule is CC(CNc1nnc(Cl)c2ccccc12)c1nccs1. The molecular weight excluding hydrogens is 292 g/mol. The third kappa shape index (κ3) is 2.59. The Morgan fingerprint density at radius 2 is 2.05 bits per heavy atom. The molecule has 1 unspecified atom stereocenters. The zero-order valence-electron chi connectivity index (χ0n) is 10.9. The van der Waals surface area contributed by atoms with Gasteiger partial charge in [-0.05, 0) is 0 Å². The Morgan fingerprint density at radius 1 is 1.25 bits per heavy atom. The monoisotopic (exact) mass is 304 g/mol. The summed E-state index contributed by atoms with van der Waals surface area (Å²) in [6.45, 7) is 2.89. The summed E-state index contributed by atoms with van der Waals surface area (Å²) in [5.41, 5.74) is 0. The molecule has 2 heterocycles. The van der Waals surface area contributed by atoms with E-state index in [4.69, 9.17) is 11.6 Å². The van der Waals surface area contributed by atoms with Gasteiger partial charge in [-0.1, -0.05) is 42.8 Å². The number of hydrogen-bond acceptors (Lipinski definition) is 5. The second kappa shape index (κ2) is 5.73. The molecule has 102 valence electrons. The predicted octanol–water partition coefficient (Wildman–Crippen LogP) is 3.96. The summed E-state index contributed by atoms with van der Waals surface area (Å²) in [6, 6.07) is 7.85. The molecule has 4 nitrogen and oxygen atoms in total. The topological polar surface area (TPSA) is 50.7 Å². The van der Waals surface area contributed by atoms with Crippen molar-refractivity contribution < 1.29 is 0 Å². The van der Waals surface area contributed by atoms with Gasteiger partial charge in [-0.2, -0.15) is 0 Å². The molecular formula is C14H13ClN4S. The Balaban J connectivity index is 1.83. The third-order valence-corrected chi connectivity index (χ3v) is 4.38. The van der Waals surface area contributed by atoms with E-state index in [1.807, 2.05) is 35.8 Å². The number of rotatable bonds is 4. The first-order valence-corrected chi connectivity index (χ1v) is 7.55. The van der Waals surface area contributed by atoms with Crippen molar-refractivity contribution in [2.75, 3.05) is 11.9 Å². The molecule has 2 aromatic heterocycles. The summed E-state index contributed by atoms with van der Waals surface area (Å²) in [7, 11) is 0. The van der Waals surface area contributed by atoms with Gasteiger partial charge in [-0.15, -0.1) is 21.5 Å². The van der Waals surface area contributed by atoms with E-state index in [-0.39, 0.29) is 0 Å². The van der Waals surface area contributed by atoms with Gasteiger partial charge in [0.05, 0.1) is 5.01 Å². The van der Waals surface area contributed by atoms with Gasteiger partial charge >= 0.3 is 0 Å². The summed E-state index contributed by atoms with van der Waals surface area (Å²) in [6.07, 6.45) is 1.83. The van der Waals surface area contributed by atoms with Gasteiger partial charge in [0.1, 0.15) is 0 Å². The Labute approximate surface area is 125 Å². The number of fused-ring (bicyclic) bond motifs is 1. The molecule has 0 bridgehead atoms. The molecule has 3 rings (SSSR count). The first kappa shape index (κ1) is 13.3. The Hall–Kier alpha value is -1.72. The lowest BCUT2D eigenvalue weighted by molar-refractivity contribution is 0.790. The lowest BCUT2D eigenvalue weighted by Crippen LogP contribution is -2.11. The van der Waals surface area contributed by atoms with Crippen molar-refractivity contribution in [1.29, 1.82) is 0 Å². The van der Waals surface area contributed by atoms with Gasteiger partial charge in [-0.3, -0.25) is 0 Å². The lowest BCUT2D eigenvalue weighted by Gasteiger charge is -2.12. The first-order valence-electron chi connectivity index (χ1n) is 6.30. The van der Waals surface area contributed by atoms with E-state index in [1.165, 1.54) is 0 Å². The van der Waals surface area contributed by atoms with Crippen molar-refractivity contribution in [2.24, 2.45) is 0 Å². The molecule has 1 aromatic carbocycles. The zero-order valence-corrected chi connectivity index (χ0v) is 12.4. The van der Waals surface area contributed by atoms with Crippen LogP contribution in [0.2, 0.25) is 5.15 Å². The fraction of sp³-hybridized carbons (Fsp3) is 0.214. The first-order chi connectivity index (χ1) is 9.75. The maximum atomic E-state index is 6.06. The normalized spacial score (nSPS) is 12.5. The highest BCUT2D eigenvalue weighted by molar-refractivity contribution is 7.09. The summed E-state index contributed by atoms with van der Waals surface area (Å²) >= 11 is 7.73. The maximum absolute atomic E-state index is 6.06. The summed E-state index contributed by atoms with van der Waals surface area (Å²) < 4.78 is 0. The lowest BCUT2D eigenvalue weighted by atomic mass is 10.1. The third-order valence-electron chi connectivity index (χ3n) is 3.09. The molecule has 0 aliphatic carbocycles. The van der Waals surface area contributed by atoms with Crippen molar-refractivity contribution in [1.82, 2.24) is 15.2 Å². The number of aromatic nitrogens is 3. The second-order valence-corrected chi connectivity index (χ2v) is 5.82. The van der Waals surface area contributed by atoms with Gasteiger partial charge < -0.3 is 5.32 Å². The molecule has 20 heavy (non-hydrogen) atoms. The van der Waals surface area contributed by atoms with Gasteiger partial charge in [0.15, 0.2) is 11.0 Å². The Morgan fingerprint density at radius 3 is 2.80 bits per heavy atom. The van der Waals surface area contributed by atoms with E-state index < -0.39 is 0 Å². The largest absolute Gasteiger partial charge is 0.367 e. The molecule has 6 heteroatoms. The Bertz CT molecular complexity index is 714. The van der Waals surface area contributed by atoms with E-state index >= 15 is 0 Å². The fourth-order valence-corrected chi connectivity index (χ4v) is 2.92. The smallest absolute Gasteiger partial charge is 0.159 e. The van der Waals surface area contributed by atoms with E-state index in [2.05, 4.69) is 27.4 Å².